The highest BCUT2D eigenvalue weighted by Crippen LogP contribution is 2.34. The molecule has 5 heteroatoms. The summed E-state index contributed by atoms with van der Waals surface area (Å²) in [6.45, 7) is 3.26. The first kappa shape index (κ1) is 18.1. The summed E-state index contributed by atoms with van der Waals surface area (Å²) in [5, 5.41) is 0.611. The number of likely N-dealkylation sites (tertiary alicyclic amines) is 1. The standard InChI is InChI=1S/C22H23ClN2O2/c1-15-13-17-5-2-3-7-20(17)25(15)22(27)18-6-4-12-24(14-18)21(26)16-8-10-19(23)11-9-16/h2-3,5,7-11,15,18H,4,6,12-14H2,1H3/t15-,18+/m0/s1. The van der Waals surface area contributed by atoms with Crippen LogP contribution in [-0.2, 0) is 11.2 Å². The molecule has 0 radical (unpaired) electrons. The number of amides is 2. The van der Waals surface area contributed by atoms with Crippen LogP contribution in [0.5, 0.6) is 0 Å². The van der Waals surface area contributed by atoms with E-state index in [2.05, 4.69) is 13.0 Å². The zero-order valence-electron chi connectivity index (χ0n) is 15.4. The molecule has 2 aromatic rings. The summed E-state index contributed by atoms with van der Waals surface area (Å²) in [6, 6.07) is 15.2. The van der Waals surface area contributed by atoms with Crippen molar-refractivity contribution in [3.05, 3.63) is 64.7 Å². The first-order valence-corrected chi connectivity index (χ1v) is 9.88. The molecule has 1 fully saturated rings. The molecule has 0 bridgehead atoms. The van der Waals surface area contributed by atoms with Crippen LogP contribution in [0, 0.1) is 5.92 Å². The quantitative estimate of drug-likeness (QED) is 0.782. The molecule has 0 saturated carbocycles. The SMILES string of the molecule is C[C@H]1Cc2ccccc2N1C(=O)[C@@H]1CCCN(C(=O)c2ccc(Cl)cc2)C1. The highest BCUT2D eigenvalue weighted by Gasteiger charge is 2.37. The number of carbonyl (C=O) groups excluding carboxylic acids is 2. The molecule has 27 heavy (non-hydrogen) atoms. The first-order chi connectivity index (χ1) is 13.0. The molecular weight excluding hydrogens is 360 g/mol. The molecule has 4 nitrogen and oxygen atoms in total. The lowest BCUT2D eigenvalue weighted by molar-refractivity contribution is -0.124. The van der Waals surface area contributed by atoms with Crippen LogP contribution in [-0.4, -0.2) is 35.8 Å². The molecule has 4 rings (SSSR count). The molecule has 0 unspecified atom stereocenters. The van der Waals surface area contributed by atoms with Crippen LogP contribution in [0.2, 0.25) is 5.02 Å². The number of piperidine rings is 1. The number of anilines is 1. The van der Waals surface area contributed by atoms with E-state index < -0.39 is 0 Å². The van der Waals surface area contributed by atoms with Gasteiger partial charge in [0.05, 0.1) is 5.92 Å². The van der Waals surface area contributed by atoms with Gasteiger partial charge in [-0.1, -0.05) is 29.8 Å². The topological polar surface area (TPSA) is 40.6 Å². The number of halogens is 1. The van der Waals surface area contributed by atoms with Gasteiger partial charge in [0, 0.05) is 35.4 Å². The zero-order chi connectivity index (χ0) is 19.0. The maximum atomic E-state index is 13.3. The van der Waals surface area contributed by atoms with Crippen molar-refractivity contribution in [3.63, 3.8) is 0 Å². The fraction of sp³-hybridized carbons (Fsp3) is 0.364. The van der Waals surface area contributed by atoms with Gasteiger partial charge in [0.15, 0.2) is 0 Å². The summed E-state index contributed by atoms with van der Waals surface area (Å²) in [4.78, 5) is 29.9. The normalized spacial score (nSPS) is 21.9. The molecule has 2 aliphatic rings. The third kappa shape index (κ3) is 3.46. The third-order valence-corrected chi connectivity index (χ3v) is 5.85. The van der Waals surface area contributed by atoms with Crippen molar-refractivity contribution >= 4 is 29.1 Å². The van der Waals surface area contributed by atoms with Gasteiger partial charge < -0.3 is 9.80 Å². The number of fused-ring (bicyclic) bond motifs is 1. The van der Waals surface area contributed by atoms with Gasteiger partial charge in [0.1, 0.15) is 0 Å². The van der Waals surface area contributed by atoms with Gasteiger partial charge in [-0.25, -0.2) is 0 Å². The van der Waals surface area contributed by atoms with Crippen molar-refractivity contribution in [1.29, 1.82) is 0 Å². The average molecular weight is 383 g/mol. The van der Waals surface area contributed by atoms with Crippen LogP contribution in [0.25, 0.3) is 0 Å². The van der Waals surface area contributed by atoms with E-state index in [1.165, 1.54) is 5.56 Å². The molecule has 0 N–H and O–H groups in total. The van der Waals surface area contributed by atoms with E-state index >= 15 is 0 Å². The third-order valence-electron chi connectivity index (χ3n) is 5.59. The minimum Gasteiger partial charge on any atom is -0.338 e. The van der Waals surface area contributed by atoms with Crippen LogP contribution in [0.4, 0.5) is 5.69 Å². The van der Waals surface area contributed by atoms with Crippen molar-refractivity contribution in [3.8, 4) is 0 Å². The highest BCUT2D eigenvalue weighted by molar-refractivity contribution is 6.30. The number of benzene rings is 2. The summed E-state index contributed by atoms with van der Waals surface area (Å²) < 4.78 is 0. The van der Waals surface area contributed by atoms with Crippen LogP contribution in [0.15, 0.2) is 48.5 Å². The van der Waals surface area contributed by atoms with Gasteiger partial charge in [0.2, 0.25) is 5.91 Å². The number of para-hydroxylation sites is 1. The van der Waals surface area contributed by atoms with E-state index in [0.717, 1.165) is 24.9 Å². The van der Waals surface area contributed by atoms with Crippen molar-refractivity contribution in [2.75, 3.05) is 18.0 Å². The van der Waals surface area contributed by atoms with Gasteiger partial charge in [0.25, 0.3) is 5.91 Å². The zero-order valence-corrected chi connectivity index (χ0v) is 16.2. The maximum absolute atomic E-state index is 13.3. The molecule has 2 aliphatic heterocycles. The lowest BCUT2D eigenvalue weighted by Crippen LogP contribution is -2.48. The van der Waals surface area contributed by atoms with Gasteiger partial charge in [-0.15, -0.1) is 0 Å². The molecule has 0 aromatic heterocycles. The molecule has 140 valence electrons. The number of carbonyl (C=O) groups is 2. The largest absolute Gasteiger partial charge is 0.338 e. The molecular formula is C22H23ClN2O2. The number of nitrogens with zero attached hydrogens (tertiary/aromatic N) is 2. The van der Waals surface area contributed by atoms with Crippen LogP contribution >= 0.6 is 11.6 Å². The van der Waals surface area contributed by atoms with Crippen LogP contribution in [0.1, 0.15) is 35.7 Å². The molecule has 0 aliphatic carbocycles. The van der Waals surface area contributed by atoms with E-state index in [1.54, 1.807) is 24.3 Å². The Kier molecular flexibility index (Phi) is 4.92. The number of hydrogen-bond acceptors (Lipinski definition) is 2. The van der Waals surface area contributed by atoms with E-state index in [9.17, 15) is 9.59 Å². The second-order valence-electron chi connectivity index (χ2n) is 7.49. The lowest BCUT2D eigenvalue weighted by Gasteiger charge is -2.35. The number of hydrogen-bond donors (Lipinski definition) is 0. The van der Waals surface area contributed by atoms with E-state index in [0.29, 0.717) is 23.7 Å². The maximum Gasteiger partial charge on any atom is 0.253 e. The summed E-state index contributed by atoms with van der Waals surface area (Å²) in [5.41, 5.74) is 2.87. The van der Waals surface area contributed by atoms with Crippen molar-refractivity contribution in [2.24, 2.45) is 5.92 Å². The molecule has 0 spiro atoms. The predicted molar refractivity (Wildman–Crippen MR) is 107 cm³/mol. The number of rotatable bonds is 2. The second kappa shape index (κ2) is 7.35. The summed E-state index contributed by atoms with van der Waals surface area (Å²) in [5.74, 6) is -0.0382. The molecule has 2 heterocycles. The van der Waals surface area contributed by atoms with Gasteiger partial charge in [-0.05, 0) is 62.1 Å². The second-order valence-corrected chi connectivity index (χ2v) is 7.92. The Balaban J connectivity index is 1.50. The predicted octanol–water partition coefficient (Wildman–Crippen LogP) is 4.17. The van der Waals surface area contributed by atoms with Crippen molar-refractivity contribution in [1.82, 2.24) is 4.90 Å². The molecule has 2 amide bonds. The summed E-state index contributed by atoms with van der Waals surface area (Å²) >= 11 is 5.92. The van der Waals surface area contributed by atoms with Crippen LogP contribution in [0.3, 0.4) is 0 Å². The fourth-order valence-electron chi connectivity index (χ4n) is 4.24. The Labute approximate surface area is 164 Å². The molecule has 2 atom stereocenters. The van der Waals surface area contributed by atoms with E-state index in [4.69, 9.17) is 11.6 Å². The van der Waals surface area contributed by atoms with Gasteiger partial charge >= 0.3 is 0 Å². The smallest absolute Gasteiger partial charge is 0.253 e. The minimum atomic E-state index is -0.149. The Hall–Kier alpha value is -2.33. The van der Waals surface area contributed by atoms with Gasteiger partial charge in [-0.3, -0.25) is 9.59 Å². The minimum absolute atomic E-state index is 0.0287. The van der Waals surface area contributed by atoms with Gasteiger partial charge in [-0.2, -0.15) is 0 Å². The van der Waals surface area contributed by atoms with Crippen molar-refractivity contribution < 1.29 is 9.59 Å². The van der Waals surface area contributed by atoms with E-state index in [1.807, 2.05) is 28.0 Å². The molecule has 1 saturated heterocycles. The highest BCUT2D eigenvalue weighted by atomic mass is 35.5. The fourth-order valence-corrected chi connectivity index (χ4v) is 4.36. The lowest BCUT2D eigenvalue weighted by atomic mass is 9.95. The Morgan fingerprint density at radius 2 is 1.81 bits per heavy atom. The summed E-state index contributed by atoms with van der Waals surface area (Å²) in [6.07, 6.45) is 2.57. The van der Waals surface area contributed by atoms with Crippen LogP contribution < -0.4 is 4.90 Å². The summed E-state index contributed by atoms with van der Waals surface area (Å²) in [7, 11) is 0. The average Bonchev–Trinajstić information content (AvgIpc) is 3.03. The Morgan fingerprint density at radius 1 is 1.07 bits per heavy atom. The van der Waals surface area contributed by atoms with Crippen molar-refractivity contribution in [2.45, 2.75) is 32.2 Å². The van der Waals surface area contributed by atoms with E-state index in [-0.39, 0.29) is 23.8 Å². The monoisotopic (exact) mass is 382 g/mol. The Morgan fingerprint density at radius 3 is 2.59 bits per heavy atom. The Bertz CT molecular complexity index is 865. The first-order valence-electron chi connectivity index (χ1n) is 9.50. The molecule has 2 aromatic carbocycles.